The van der Waals surface area contributed by atoms with Crippen molar-refractivity contribution in [2.75, 3.05) is 18.1 Å². The number of hydrogen-bond acceptors (Lipinski definition) is 6. The predicted octanol–water partition coefficient (Wildman–Crippen LogP) is 3.57. The highest BCUT2D eigenvalue weighted by Gasteiger charge is 2.09. The number of aliphatic hydroxyl groups is 1. The summed E-state index contributed by atoms with van der Waals surface area (Å²) in [5.41, 5.74) is 8.80. The fourth-order valence-corrected chi connectivity index (χ4v) is 3.23. The first-order valence-corrected chi connectivity index (χ1v) is 9.29. The highest BCUT2D eigenvalue weighted by atomic mass is 32.2. The Morgan fingerprint density at radius 3 is 2.42 bits per heavy atom. The Balaban J connectivity index is 1.49. The second-order valence-electron chi connectivity index (χ2n) is 5.88. The molecule has 3 N–H and O–H groups in total. The van der Waals surface area contributed by atoms with Crippen molar-refractivity contribution < 1.29 is 9.84 Å². The van der Waals surface area contributed by atoms with Gasteiger partial charge in [0.05, 0.1) is 6.10 Å². The molecule has 0 saturated carbocycles. The van der Waals surface area contributed by atoms with Crippen molar-refractivity contribution >= 4 is 17.6 Å². The number of aromatic nitrogens is 2. The lowest BCUT2D eigenvalue weighted by Crippen LogP contribution is -2.20. The van der Waals surface area contributed by atoms with Crippen LogP contribution in [0, 0.1) is 6.92 Å². The molecule has 0 spiro atoms. The molecule has 3 aromatic rings. The van der Waals surface area contributed by atoms with Crippen molar-refractivity contribution in [1.82, 2.24) is 9.97 Å². The average molecular weight is 367 g/mol. The van der Waals surface area contributed by atoms with Crippen molar-refractivity contribution in [1.29, 1.82) is 0 Å². The van der Waals surface area contributed by atoms with E-state index in [1.54, 1.807) is 6.07 Å². The SMILES string of the molecule is Cc1cc(N)nc(SCC(O)COc2ccc(-c3ccccc3)cc2)n1. The minimum absolute atomic E-state index is 0.207. The van der Waals surface area contributed by atoms with Gasteiger partial charge in [-0.25, -0.2) is 9.97 Å². The van der Waals surface area contributed by atoms with E-state index < -0.39 is 6.10 Å². The highest BCUT2D eigenvalue weighted by Crippen LogP contribution is 2.22. The van der Waals surface area contributed by atoms with Crippen LogP contribution in [0.4, 0.5) is 5.82 Å². The van der Waals surface area contributed by atoms with Gasteiger partial charge in [0.1, 0.15) is 18.2 Å². The average Bonchev–Trinajstić information content (AvgIpc) is 2.65. The molecule has 0 fully saturated rings. The van der Waals surface area contributed by atoms with E-state index in [-0.39, 0.29) is 6.61 Å². The number of rotatable bonds is 7. The van der Waals surface area contributed by atoms with E-state index in [1.165, 1.54) is 11.8 Å². The molecule has 0 radical (unpaired) electrons. The van der Waals surface area contributed by atoms with Gasteiger partial charge in [-0.05, 0) is 30.2 Å². The molecule has 1 heterocycles. The second-order valence-corrected chi connectivity index (χ2v) is 6.87. The molecular weight excluding hydrogens is 346 g/mol. The van der Waals surface area contributed by atoms with Crippen LogP contribution in [-0.2, 0) is 0 Å². The number of hydrogen-bond donors (Lipinski definition) is 2. The third-order valence-corrected chi connectivity index (χ3v) is 4.65. The van der Waals surface area contributed by atoms with Crippen LogP contribution in [-0.4, -0.2) is 33.5 Å². The Labute approximate surface area is 157 Å². The number of benzene rings is 2. The van der Waals surface area contributed by atoms with E-state index >= 15 is 0 Å². The molecule has 1 atom stereocenters. The van der Waals surface area contributed by atoms with Crippen LogP contribution in [0.5, 0.6) is 5.75 Å². The summed E-state index contributed by atoms with van der Waals surface area (Å²) in [5, 5.41) is 10.7. The minimum atomic E-state index is -0.626. The Kier molecular flexibility index (Phi) is 6.09. The fraction of sp³-hybridized carbons (Fsp3) is 0.200. The van der Waals surface area contributed by atoms with Gasteiger partial charge in [0.2, 0.25) is 0 Å². The van der Waals surface area contributed by atoms with E-state index in [0.29, 0.717) is 16.7 Å². The molecule has 6 heteroatoms. The van der Waals surface area contributed by atoms with E-state index in [0.717, 1.165) is 22.6 Å². The van der Waals surface area contributed by atoms with E-state index in [9.17, 15) is 5.11 Å². The molecule has 3 rings (SSSR count). The first kappa shape index (κ1) is 18.2. The molecule has 0 aliphatic rings. The van der Waals surface area contributed by atoms with Crippen LogP contribution in [0.15, 0.2) is 65.8 Å². The molecule has 0 aliphatic heterocycles. The highest BCUT2D eigenvalue weighted by molar-refractivity contribution is 7.99. The molecule has 1 aromatic heterocycles. The third-order valence-electron chi connectivity index (χ3n) is 3.66. The second kappa shape index (κ2) is 8.69. The quantitative estimate of drug-likeness (QED) is 0.491. The molecule has 134 valence electrons. The zero-order valence-electron chi connectivity index (χ0n) is 14.5. The first-order valence-electron chi connectivity index (χ1n) is 8.30. The molecule has 0 amide bonds. The van der Waals surface area contributed by atoms with Gasteiger partial charge in [-0.3, -0.25) is 0 Å². The van der Waals surface area contributed by atoms with Gasteiger partial charge < -0.3 is 15.6 Å². The van der Waals surface area contributed by atoms with Crippen molar-refractivity contribution in [3.8, 4) is 16.9 Å². The van der Waals surface area contributed by atoms with Gasteiger partial charge in [0.25, 0.3) is 0 Å². The number of nitrogen functional groups attached to an aromatic ring is 1. The Morgan fingerprint density at radius 1 is 1.04 bits per heavy atom. The molecular formula is C20H21N3O2S. The minimum Gasteiger partial charge on any atom is -0.491 e. The van der Waals surface area contributed by atoms with Gasteiger partial charge in [0, 0.05) is 17.5 Å². The standard InChI is InChI=1S/C20H21N3O2S/c1-14-11-19(21)23-20(22-14)26-13-17(24)12-25-18-9-7-16(8-10-18)15-5-3-2-4-6-15/h2-11,17,24H,12-13H2,1H3,(H2,21,22,23). The lowest BCUT2D eigenvalue weighted by atomic mass is 10.1. The summed E-state index contributed by atoms with van der Waals surface area (Å²) in [6, 6.07) is 19.7. The summed E-state index contributed by atoms with van der Waals surface area (Å²) < 4.78 is 5.67. The van der Waals surface area contributed by atoms with Crippen LogP contribution in [0.2, 0.25) is 0 Å². The summed E-state index contributed by atoms with van der Waals surface area (Å²) in [6.07, 6.45) is -0.626. The zero-order chi connectivity index (χ0) is 18.4. The summed E-state index contributed by atoms with van der Waals surface area (Å²) in [6.45, 7) is 2.07. The predicted molar refractivity (Wildman–Crippen MR) is 105 cm³/mol. The third kappa shape index (κ3) is 5.21. The summed E-state index contributed by atoms with van der Waals surface area (Å²) in [5.74, 6) is 1.60. The van der Waals surface area contributed by atoms with Crippen molar-refractivity contribution in [3.63, 3.8) is 0 Å². The number of nitrogens with zero attached hydrogens (tertiary/aromatic N) is 2. The summed E-state index contributed by atoms with van der Waals surface area (Å²) in [7, 11) is 0. The van der Waals surface area contributed by atoms with E-state index in [4.69, 9.17) is 10.5 Å². The van der Waals surface area contributed by atoms with E-state index in [1.807, 2.05) is 49.4 Å². The van der Waals surface area contributed by atoms with Gasteiger partial charge in [0.15, 0.2) is 5.16 Å². The number of aliphatic hydroxyl groups excluding tert-OH is 1. The van der Waals surface area contributed by atoms with Crippen molar-refractivity contribution in [2.45, 2.75) is 18.2 Å². The number of ether oxygens (including phenoxy) is 1. The number of anilines is 1. The van der Waals surface area contributed by atoms with Crippen LogP contribution < -0.4 is 10.5 Å². The zero-order valence-corrected chi connectivity index (χ0v) is 15.3. The molecule has 0 saturated heterocycles. The Morgan fingerprint density at radius 2 is 1.73 bits per heavy atom. The monoisotopic (exact) mass is 367 g/mol. The molecule has 26 heavy (non-hydrogen) atoms. The first-order chi connectivity index (χ1) is 12.6. The van der Waals surface area contributed by atoms with Crippen molar-refractivity contribution in [3.05, 3.63) is 66.4 Å². The van der Waals surface area contributed by atoms with E-state index in [2.05, 4.69) is 22.1 Å². The van der Waals surface area contributed by atoms with Gasteiger partial charge in [-0.2, -0.15) is 0 Å². The molecule has 5 nitrogen and oxygen atoms in total. The van der Waals surface area contributed by atoms with Crippen LogP contribution in [0.1, 0.15) is 5.69 Å². The number of nitrogens with two attached hydrogens (primary N) is 1. The van der Waals surface area contributed by atoms with Crippen LogP contribution in [0.25, 0.3) is 11.1 Å². The lowest BCUT2D eigenvalue weighted by molar-refractivity contribution is 0.126. The Bertz CT molecular complexity index is 821. The Hall–Kier alpha value is -2.57. The number of thioether (sulfide) groups is 1. The molecule has 0 bridgehead atoms. The fourth-order valence-electron chi connectivity index (χ4n) is 2.41. The maximum absolute atomic E-state index is 10.1. The van der Waals surface area contributed by atoms with Crippen molar-refractivity contribution in [2.24, 2.45) is 0 Å². The molecule has 0 aliphatic carbocycles. The van der Waals surface area contributed by atoms with Gasteiger partial charge in [-0.1, -0.05) is 54.2 Å². The normalized spacial score (nSPS) is 11.9. The van der Waals surface area contributed by atoms with Crippen LogP contribution >= 0.6 is 11.8 Å². The topological polar surface area (TPSA) is 81.3 Å². The smallest absolute Gasteiger partial charge is 0.189 e. The molecule has 2 aromatic carbocycles. The maximum atomic E-state index is 10.1. The summed E-state index contributed by atoms with van der Waals surface area (Å²) >= 11 is 1.36. The largest absolute Gasteiger partial charge is 0.491 e. The lowest BCUT2D eigenvalue weighted by Gasteiger charge is -2.12. The number of aryl methyl sites for hydroxylation is 1. The summed E-state index contributed by atoms with van der Waals surface area (Å²) in [4.78, 5) is 8.42. The van der Waals surface area contributed by atoms with Gasteiger partial charge in [-0.15, -0.1) is 0 Å². The van der Waals surface area contributed by atoms with Crippen LogP contribution in [0.3, 0.4) is 0 Å². The van der Waals surface area contributed by atoms with Gasteiger partial charge >= 0.3 is 0 Å². The molecule has 1 unspecified atom stereocenters. The maximum Gasteiger partial charge on any atom is 0.189 e.